The molecule has 2 amide bonds. The lowest BCUT2D eigenvalue weighted by atomic mass is 9.99. The van der Waals surface area contributed by atoms with Crippen LogP contribution in [-0.4, -0.2) is 49.8 Å². The Morgan fingerprint density at radius 2 is 1.86 bits per heavy atom. The lowest BCUT2D eigenvalue weighted by Crippen LogP contribution is -2.48. The van der Waals surface area contributed by atoms with Gasteiger partial charge >= 0.3 is 6.09 Å². The van der Waals surface area contributed by atoms with E-state index in [4.69, 9.17) is 4.74 Å². The number of aryl methyl sites for hydroxylation is 1. The molecule has 1 saturated heterocycles. The average molecular weight is 524 g/mol. The Kier molecular flexibility index (Phi) is 8.35. The average Bonchev–Trinajstić information content (AvgIpc) is 2.78. The molecule has 1 heterocycles. The van der Waals surface area contributed by atoms with Crippen molar-refractivity contribution in [3.63, 3.8) is 0 Å². The van der Waals surface area contributed by atoms with Crippen molar-refractivity contribution in [2.75, 3.05) is 18.8 Å². The van der Waals surface area contributed by atoms with Crippen molar-refractivity contribution < 1.29 is 31.5 Å². The summed E-state index contributed by atoms with van der Waals surface area (Å²) in [5.74, 6) is -2.99. The van der Waals surface area contributed by atoms with Crippen LogP contribution in [0.3, 0.4) is 0 Å². The topological polar surface area (TPSA) is 105 Å². The summed E-state index contributed by atoms with van der Waals surface area (Å²) in [6.45, 7) is 7.38. The number of ether oxygens (including phenoxy) is 1. The van der Waals surface area contributed by atoms with Gasteiger partial charge in [0.1, 0.15) is 17.2 Å². The van der Waals surface area contributed by atoms with E-state index in [0.717, 1.165) is 0 Å². The van der Waals surface area contributed by atoms with Crippen LogP contribution in [0, 0.1) is 24.5 Å². The van der Waals surface area contributed by atoms with Crippen molar-refractivity contribution in [2.24, 2.45) is 5.92 Å². The zero-order valence-electron chi connectivity index (χ0n) is 20.7. The smallest absolute Gasteiger partial charge is 0.410 e. The van der Waals surface area contributed by atoms with Gasteiger partial charge in [-0.1, -0.05) is 12.1 Å². The van der Waals surface area contributed by atoms with E-state index in [9.17, 15) is 26.8 Å². The van der Waals surface area contributed by atoms with E-state index in [1.54, 1.807) is 26.8 Å². The summed E-state index contributed by atoms with van der Waals surface area (Å²) in [5.41, 5.74) is 2.01. The minimum Gasteiger partial charge on any atom is -0.444 e. The fraction of sp³-hybridized carbons (Fsp3) is 0.440. The maximum atomic E-state index is 14.7. The largest absolute Gasteiger partial charge is 0.444 e. The van der Waals surface area contributed by atoms with Crippen LogP contribution in [-0.2, 0) is 14.8 Å². The molecule has 8 nitrogen and oxygen atoms in total. The van der Waals surface area contributed by atoms with Crippen molar-refractivity contribution in [2.45, 2.75) is 46.1 Å². The third kappa shape index (κ3) is 7.47. The summed E-state index contributed by atoms with van der Waals surface area (Å²) in [7, 11) is -3.99. The van der Waals surface area contributed by atoms with Gasteiger partial charge in [-0.05, 0) is 87.4 Å². The third-order valence-electron chi connectivity index (χ3n) is 5.60. The minimum atomic E-state index is -3.99. The molecule has 1 atom stereocenters. The highest BCUT2D eigenvalue weighted by Crippen LogP contribution is 2.26. The maximum Gasteiger partial charge on any atom is 0.410 e. The Hall–Kier alpha value is -3.05. The summed E-state index contributed by atoms with van der Waals surface area (Å²) in [6, 6.07) is 8.34. The van der Waals surface area contributed by atoms with Gasteiger partial charge in [-0.3, -0.25) is 10.2 Å². The second-order valence-corrected chi connectivity index (χ2v) is 11.7. The SMILES string of the molecule is Cc1cc(-c2cccc(F)c2)cc(C(=O)NNS(=O)(=O)CC2CCCN(C(=O)OC(C)(C)C)C2)c1F. The van der Waals surface area contributed by atoms with Gasteiger partial charge in [0.25, 0.3) is 5.91 Å². The number of sulfonamides is 1. The van der Waals surface area contributed by atoms with Crippen LogP contribution in [0.4, 0.5) is 13.6 Å². The van der Waals surface area contributed by atoms with Crippen LogP contribution in [0.1, 0.15) is 49.5 Å². The molecular formula is C25H31F2N3O5S. The van der Waals surface area contributed by atoms with Crippen LogP contribution in [0.2, 0.25) is 0 Å². The van der Waals surface area contributed by atoms with Crippen LogP contribution in [0.25, 0.3) is 11.1 Å². The first kappa shape index (κ1) is 27.5. The monoisotopic (exact) mass is 523 g/mol. The van der Waals surface area contributed by atoms with Gasteiger partial charge < -0.3 is 9.64 Å². The quantitative estimate of drug-likeness (QED) is 0.554. The number of benzene rings is 2. The summed E-state index contributed by atoms with van der Waals surface area (Å²) in [4.78, 5) is 28.5. The highest BCUT2D eigenvalue weighted by Gasteiger charge is 2.30. The van der Waals surface area contributed by atoms with Gasteiger partial charge in [0.2, 0.25) is 10.0 Å². The van der Waals surface area contributed by atoms with Gasteiger partial charge in [-0.2, -0.15) is 0 Å². The molecule has 0 aliphatic carbocycles. The molecule has 0 radical (unpaired) electrons. The van der Waals surface area contributed by atoms with Gasteiger partial charge in [-0.15, -0.1) is 4.83 Å². The van der Waals surface area contributed by atoms with E-state index in [0.29, 0.717) is 30.5 Å². The number of hydrazine groups is 1. The Balaban J connectivity index is 1.65. The fourth-order valence-electron chi connectivity index (χ4n) is 4.01. The van der Waals surface area contributed by atoms with Crippen LogP contribution in [0.5, 0.6) is 0 Å². The predicted octanol–water partition coefficient (Wildman–Crippen LogP) is 4.15. The first-order valence-electron chi connectivity index (χ1n) is 11.6. The van der Waals surface area contributed by atoms with Crippen molar-refractivity contribution >= 4 is 22.0 Å². The molecule has 11 heteroatoms. The number of carbonyl (C=O) groups excluding carboxylic acids is 2. The molecule has 1 aliphatic rings. The van der Waals surface area contributed by atoms with E-state index >= 15 is 0 Å². The molecule has 2 aromatic rings. The Morgan fingerprint density at radius 1 is 1.14 bits per heavy atom. The van der Waals surface area contributed by atoms with Crippen molar-refractivity contribution in [3.8, 4) is 11.1 Å². The summed E-state index contributed by atoms with van der Waals surface area (Å²) in [5, 5.41) is 0. The predicted molar refractivity (Wildman–Crippen MR) is 131 cm³/mol. The van der Waals surface area contributed by atoms with Crippen LogP contribution < -0.4 is 10.3 Å². The van der Waals surface area contributed by atoms with Gasteiger partial charge in [-0.25, -0.2) is 22.0 Å². The fourth-order valence-corrected chi connectivity index (χ4v) is 5.23. The van der Waals surface area contributed by atoms with Crippen LogP contribution >= 0.6 is 0 Å². The number of rotatable bonds is 6. The molecule has 0 bridgehead atoms. The normalized spacial score (nSPS) is 16.5. The van der Waals surface area contributed by atoms with Crippen molar-refractivity contribution in [3.05, 3.63) is 59.2 Å². The molecule has 1 fully saturated rings. The number of nitrogens with zero attached hydrogens (tertiary/aromatic N) is 1. The second kappa shape index (κ2) is 10.9. The number of amides is 2. The highest BCUT2D eigenvalue weighted by atomic mass is 32.2. The van der Waals surface area contributed by atoms with E-state index < -0.39 is 39.3 Å². The molecule has 0 aromatic heterocycles. The summed E-state index contributed by atoms with van der Waals surface area (Å²) in [6.07, 6.45) is 0.691. The van der Waals surface area contributed by atoms with E-state index in [2.05, 4.69) is 5.43 Å². The van der Waals surface area contributed by atoms with Gasteiger partial charge in [0.05, 0.1) is 11.3 Å². The minimum absolute atomic E-state index is 0.147. The zero-order valence-corrected chi connectivity index (χ0v) is 21.5. The molecule has 3 rings (SSSR count). The van der Waals surface area contributed by atoms with Gasteiger partial charge in [0.15, 0.2) is 0 Å². The van der Waals surface area contributed by atoms with E-state index in [-0.39, 0.29) is 29.3 Å². The zero-order chi connectivity index (χ0) is 26.7. The summed E-state index contributed by atoms with van der Waals surface area (Å²) < 4.78 is 58.9. The third-order valence-corrected chi connectivity index (χ3v) is 6.93. The molecular weight excluding hydrogens is 492 g/mol. The molecule has 1 unspecified atom stereocenters. The first-order chi connectivity index (χ1) is 16.7. The maximum absolute atomic E-state index is 14.7. The molecule has 2 N–H and O–H groups in total. The molecule has 1 aliphatic heterocycles. The number of carbonyl (C=O) groups is 2. The molecule has 36 heavy (non-hydrogen) atoms. The molecule has 0 spiro atoms. The number of piperidine rings is 1. The number of hydrogen-bond donors (Lipinski definition) is 2. The highest BCUT2D eigenvalue weighted by molar-refractivity contribution is 7.89. The molecule has 2 aromatic carbocycles. The first-order valence-corrected chi connectivity index (χ1v) is 13.2. The molecule has 0 saturated carbocycles. The Labute approximate surface area is 210 Å². The standard InChI is InChI=1S/C25H31F2N3O5S/c1-16-11-19(18-8-5-9-20(26)12-18)13-21(22(16)27)23(31)28-29-36(33,34)15-17-7-6-10-30(14-17)24(32)35-25(2,3)4/h5,8-9,11-13,17,29H,6-7,10,14-15H2,1-4H3,(H,28,31). The van der Waals surface area contributed by atoms with Crippen LogP contribution in [0.15, 0.2) is 36.4 Å². The van der Waals surface area contributed by atoms with Crippen molar-refractivity contribution in [1.29, 1.82) is 0 Å². The van der Waals surface area contributed by atoms with Crippen molar-refractivity contribution in [1.82, 2.24) is 15.2 Å². The number of nitrogens with one attached hydrogen (secondary N) is 2. The van der Waals surface area contributed by atoms with Gasteiger partial charge in [0, 0.05) is 13.1 Å². The lowest BCUT2D eigenvalue weighted by molar-refractivity contribution is 0.0176. The van der Waals surface area contributed by atoms with E-state index in [1.807, 2.05) is 4.83 Å². The lowest BCUT2D eigenvalue weighted by Gasteiger charge is -2.34. The number of likely N-dealkylation sites (tertiary alicyclic amines) is 1. The molecule has 196 valence electrons. The Bertz CT molecular complexity index is 1240. The number of hydrogen-bond acceptors (Lipinski definition) is 5. The number of halogens is 2. The van der Waals surface area contributed by atoms with E-state index in [1.165, 1.54) is 42.2 Å². The second-order valence-electron chi connectivity index (χ2n) is 9.94. The summed E-state index contributed by atoms with van der Waals surface area (Å²) >= 11 is 0. The Morgan fingerprint density at radius 3 is 2.53 bits per heavy atom.